The molecule has 9 atom stereocenters. The predicted octanol–water partition coefficient (Wildman–Crippen LogP) is -5.40. The molecule has 0 amide bonds. The third-order valence-corrected chi connectivity index (χ3v) is 4.07. The average Bonchev–Trinajstić information content (AvgIpc) is 2.55. The van der Waals surface area contributed by atoms with Crippen LogP contribution >= 0.6 is 0 Å². The molecule has 2 saturated heterocycles. The van der Waals surface area contributed by atoms with Gasteiger partial charge in [-0.3, -0.25) is 0 Å². The van der Waals surface area contributed by atoms with Gasteiger partial charge in [-0.1, -0.05) is 0 Å². The van der Waals surface area contributed by atoms with Gasteiger partial charge in [-0.15, -0.1) is 0 Å². The zero-order valence-corrected chi connectivity index (χ0v) is 12.0. The zero-order chi connectivity index (χ0) is 17.4. The van der Waals surface area contributed by atoms with E-state index in [1.165, 1.54) is 0 Å². The summed E-state index contributed by atoms with van der Waals surface area (Å²) < 4.78 is 15.2. The van der Waals surface area contributed by atoms with Crippen LogP contribution < -0.4 is 0 Å². The molecule has 0 unspecified atom stereocenters. The van der Waals surface area contributed by atoms with E-state index in [0.29, 0.717) is 0 Å². The molecule has 11 heteroatoms. The first-order valence-corrected chi connectivity index (χ1v) is 7.04. The molecule has 0 aromatic rings. The minimum absolute atomic E-state index is 0.420. The third-order valence-electron chi connectivity index (χ3n) is 4.07. The third kappa shape index (κ3) is 3.50. The predicted molar refractivity (Wildman–Crippen MR) is 68.6 cm³/mol. The summed E-state index contributed by atoms with van der Waals surface area (Å²) in [6.07, 6.45) is -12.9. The molecule has 11 nitrogen and oxygen atoms in total. The Kier molecular flexibility index (Phi) is 5.92. The standard InChI is InChI=1S/C12H22O11/c13-3-12(10(19)6(15)4(14)1-21-12)22-2-5-7(16)8(17)9(18)11(20)23-5/h4-11,13-20H,1-3H2/t4-,5-,6-,7+,8+,9-,10+,11+,12+/m1/s1. The molecule has 0 aromatic heterocycles. The number of hydrogen-bond acceptors (Lipinski definition) is 11. The van der Waals surface area contributed by atoms with E-state index in [9.17, 15) is 40.9 Å². The van der Waals surface area contributed by atoms with Crippen molar-refractivity contribution in [1.29, 1.82) is 0 Å². The Labute approximate surface area is 130 Å². The first-order valence-electron chi connectivity index (χ1n) is 7.04. The molecule has 2 aliphatic heterocycles. The molecule has 0 aliphatic carbocycles. The second-order valence-electron chi connectivity index (χ2n) is 5.63. The Hall–Kier alpha value is -0.440. The molecular formula is C12H22O11. The molecule has 0 bridgehead atoms. The normalized spacial score (nSPS) is 51.7. The fourth-order valence-corrected chi connectivity index (χ4v) is 2.48. The Balaban J connectivity index is 2.03. The van der Waals surface area contributed by atoms with Gasteiger partial charge in [0.25, 0.3) is 0 Å². The van der Waals surface area contributed by atoms with Crippen LogP contribution in [0, 0.1) is 0 Å². The van der Waals surface area contributed by atoms with Crippen LogP contribution in [0.15, 0.2) is 0 Å². The van der Waals surface area contributed by atoms with Gasteiger partial charge in [0.15, 0.2) is 6.29 Å². The molecule has 0 radical (unpaired) electrons. The monoisotopic (exact) mass is 342 g/mol. The Morgan fingerprint density at radius 2 is 1.57 bits per heavy atom. The summed E-state index contributed by atoms with van der Waals surface area (Å²) in [6, 6.07) is 0. The van der Waals surface area contributed by atoms with Gasteiger partial charge in [0, 0.05) is 0 Å². The van der Waals surface area contributed by atoms with E-state index in [1.54, 1.807) is 0 Å². The molecule has 2 rings (SSSR count). The van der Waals surface area contributed by atoms with Crippen molar-refractivity contribution in [2.45, 2.75) is 54.8 Å². The number of aliphatic hydroxyl groups is 8. The largest absolute Gasteiger partial charge is 0.391 e. The molecule has 0 spiro atoms. The number of ether oxygens (including phenoxy) is 3. The second kappa shape index (κ2) is 7.21. The van der Waals surface area contributed by atoms with Gasteiger partial charge in [-0.05, 0) is 0 Å². The summed E-state index contributed by atoms with van der Waals surface area (Å²) >= 11 is 0. The maximum absolute atomic E-state index is 9.94. The van der Waals surface area contributed by atoms with Crippen molar-refractivity contribution in [3.63, 3.8) is 0 Å². The Bertz CT molecular complexity index is 395. The molecule has 136 valence electrons. The highest BCUT2D eigenvalue weighted by atomic mass is 16.7. The van der Waals surface area contributed by atoms with Crippen molar-refractivity contribution in [3.05, 3.63) is 0 Å². The van der Waals surface area contributed by atoms with Gasteiger partial charge < -0.3 is 55.1 Å². The Morgan fingerprint density at radius 1 is 0.913 bits per heavy atom. The topological polar surface area (TPSA) is 190 Å². The lowest BCUT2D eigenvalue weighted by Crippen LogP contribution is -2.65. The lowest BCUT2D eigenvalue weighted by molar-refractivity contribution is -0.364. The van der Waals surface area contributed by atoms with Crippen LogP contribution in [-0.2, 0) is 14.2 Å². The van der Waals surface area contributed by atoms with Crippen LogP contribution in [0.5, 0.6) is 0 Å². The number of aliphatic hydroxyl groups excluding tert-OH is 8. The van der Waals surface area contributed by atoms with E-state index in [2.05, 4.69) is 0 Å². The number of rotatable bonds is 4. The van der Waals surface area contributed by atoms with Crippen LogP contribution in [0.2, 0.25) is 0 Å². The molecule has 23 heavy (non-hydrogen) atoms. The lowest BCUT2D eigenvalue weighted by Gasteiger charge is -2.45. The summed E-state index contributed by atoms with van der Waals surface area (Å²) in [5.74, 6) is -2.08. The summed E-state index contributed by atoms with van der Waals surface area (Å²) in [5, 5.41) is 76.6. The van der Waals surface area contributed by atoms with Crippen LogP contribution in [0.1, 0.15) is 0 Å². The fraction of sp³-hybridized carbons (Fsp3) is 1.00. The highest BCUT2D eigenvalue weighted by molar-refractivity contribution is 4.94. The number of hydrogen-bond donors (Lipinski definition) is 8. The average molecular weight is 342 g/mol. The van der Waals surface area contributed by atoms with Crippen molar-refractivity contribution in [3.8, 4) is 0 Å². The SMILES string of the molecule is OC[C@@]1(OC[C@H]2O[C@H](O)[C@H](O)[C@@H](O)[C@H]2O)OC[C@@H](O)[C@@H](O)[C@@H]1O. The van der Waals surface area contributed by atoms with Crippen LogP contribution in [0.3, 0.4) is 0 Å². The lowest BCUT2D eigenvalue weighted by atomic mass is 9.96. The second-order valence-corrected chi connectivity index (χ2v) is 5.63. The molecule has 0 aromatic carbocycles. The Morgan fingerprint density at radius 3 is 2.17 bits per heavy atom. The van der Waals surface area contributed by atoms with Crippen molar-refractivity contribution in [2.75, 3.05) is 19.8 Å². The van der Waals surface area contributed by atoms with Crippen molar-refractivity contribution in [1.82, 2.24) is 0 Å². The summed E-state index contributed by atoms with van der Waals surface area (Å²) in [4.78, 5) is 0. The van der Waals surface area contributed by atoms with Crippen molar-refractivity contribution < 1.29 is 55.1 Å². The van der Waals surface area contributed by atoms with Gasteiger partial charge in [0.05, 0.1) is 13.2 Å². The van der Waals surface area contributed by atoms with Gasteiger partial charge in [-0.2, -0.15) is 0 Å². The molecule has 2 heterocycles. The zero-order valence-electron chi connectivity index (χ0n) is 12.0. The summed E-state index contributed by atoms with van der Waals surface area (Å²) in [6.45, 7) is -1.85. The molecule has 2 fully saturated rings. The van der Waals surface area contributed by atoms with E-state index in [1.807, 2.05) is 0 Å². The van der Waals surface area contributed by atoms with Crippen molar-refractivity contribution in [2.24, 2.45) is 0 Å². The summed E-state index contributed by atoms with van der Waals surface area (Å²) in [5.41, 5.74) is 0. The van der Waals surface area contributed by atoms with E-state index in [4.69, 9.17) is 14.2 Å². The van der Waals surface area contributed by atoms with E-state index < -0.39 is 74.6 Å². The highest BCUT2D eigenvalue weighted by Gasteiger charge is 2.52. The van der Waals surface area contributed by atoms with Gasteiger partial charge in [-0.25, -0.2) is 0 Å². The quantitative estimate of drug-likeness (QED) is 0.243. The maximum atomic E-state index is 9.94. The smallest absolute Gasteiger partial charge is 0.221 e. The first-order chi connectivity index (χ1) is 10.7. The minimum atomic E-state index is -2.08. The molecule has 0 saturated carbocycles. The van der Waals surface area contributed by atoms with E-state index in [-0.39, 0.29) is 0 Å². The van der Waals surface area contributed by atoms with Crippen LogP contribution in [0.25, 0.3) is 0 Å². The summed E-state index contributed by atoms with van der Waals surface area (Å²) in [7, 11) is 0. The van der Waals surface area contributed by atoms with Crippen molar-refractivity contribution >= 4 is 0 Å². The minimum Gasteiger partial charge on any atom is -0.391 e. The van der Waals surface area contributed by atoms with E-state index >= 15 is 0 Å². The van der Waals surface area contributed by atoms with Gasteiger partial charge in [0.1, 0.15) is 49.3 Å². The fourth-order valence-electron chi connectivity index (χ4n) is 2.48. The van der Waals surface area contributed by atoms with E-state index in [0.717, 1.165) is 0 Å². The molecule has 8 N–H and O–H groups in total. The van der Waals surface area contributed by atoms with Crippen LogP contribution in [0.4, 0.5) is 0 Å². The molecule has 2 aliphatic rings. The van der Waals surface area contributed by atoms with Crippen LogP contribution in [-0.4, -0.2) is 115 Å². The van der Waals surface area contributed by atoms with Gasteiger partial charge in [0.2, 0.25) is 5.79 Å². The van der Waals surface area contributed by atoms with Gasteiger partial charge >= 0.3 is 0 Å². The first kappa shape index (κ1) is 18.9. The maximum Gasteiger partial charge on any atom is 0.221 e. The highest BCUT2D eigenvalue weighted by Crippen LogP contribution is 2.29. The molecular weight excluding hydrogens is 320 g/mol.